The number of pyridine rings is 1. The number of alkyl halides is 1. The van der Waals surface area contributed by atoms with Crippen molar-refractivity contribution in [3.05, 3.63) is 47.3 Å². The second kappa shape index (κ2) is 9.46. The molecule has 3 heterocycles. The van der Waals surface area contributed by atoms with Crippen molar-refractivity contribution in [1.82, 2.24) is 19.9 Å². The first-order chi connectivity index (χ1) is 15.0. The van der Waals surface area contributed by atoms with Crippen molar-refractivity contribution in [2.45, 2.75) is 58.4 Å². The number of primary amides is 1. The summed E-state index contributed by atoms with van der Waals surface area (Å²) in [6, 6.07) is 2.88. The second-order valence-corrected chi connectivity index (χ2v) is 8.84. The highest BCUT2D eigenvalue weighted by molar-refractivity contribution is 5.98. The average molecular weight is 445 g/mol. The number of hydrogen-bond donors (Lipinski definition) is 2. The van der Waals surface area contributed by atoms with Gasteiger partial charge in [0.05, 0.1) is 29.5 Å². The van der Waals surface area contributed by atoms with Crippen LogP contribution in [0.2, 0.25) is 0 Å². The Kier molecular flexibility index (Phi) is 6.90. The number of piperidine rings is 1. The number of aryl methyl sites for hydroxylation is 1. The summed E-state index contributed by atoms with van der Waals surface area (Å²) in [5.74, 6) is -0.0161. The first-order valence-corrected chi connectivity index (χ1v) is 10.5. The Morgan fingerprint density at radius 2 is 2.06 bits per heavy atom. The molecule has 1 saturated heterocycles. The molecule has 0 unspecified atom stereocenters. The van der Waals surface area contributed by atoms with Crippen LogP contribution in [0.15, 0.2) is 24.5 Å². The molecule has 32 heavy (non-hydrogen) atoms. The van der Waals surface area contributed by atoms with Gasteiger partial charge in [0, 0.05) is 31.1 Å². The Labute approximate surface area is 186 Å². The van der Waals surface area contributed by atoms with E-state index in [2.05, 4.69) is 20.3 Å². The molecule has 1 aliphatic rings. The van der Waals surface area contributed by atoms with Crippen LogP contribution in [0, 0.1) is 6.92 Å². The van der Waals surface area contributed by atoms with Crippen molar-refractivity contribution in [3.8, 4) is 0 Å². The standard InChI is InChI=1S/C22H29FN6O3/c1-13-25-7-5-14(27-13)9-15-10-19(16(11-26-15)20(24)30)28-18-6-8-29(12-17(18)23)21(31)32-22(2,3)4/h5,7,10-11,17-18H,6,8-9,12H2,1-4H3,(H2,24,30)(H,26,28)/t17-,18+/m0/s1. The molecule has 3 rings (SSSR count). The number of ether oxygens (including phenoxy) is 1. The maximum Gasteiger partial charge on any atom is 0.410 e. The number of carbonyl (C=O) groups excluding carboxylic acids is 2. The van der Waals surface area contributed by atoms with Crippen LogP contribution in [0.1, 0.15) is 54.8 Å². The Morgan fingerprint density at radius 3 is 2.69 bits per heavy atom. The molecule has 0 aliphatic carbocycles. The molecule has 2 aromatic heterocycles. The summed E-state index contributed by atoms with van der Waals surface area (Å²) < 4.78 is 20.3. The molecule has 0 radical (unpaired) electrons. The molecule has 1 fully saturated rings. The van der Waals surface area contributed by atoms with Gasteiger partial charge in [0.15, 0.2) is 0 Å². The molecule has 2 atom stereocenters. The van der Waals surface area contributed by atoms with Gasteiger partial charge in [-0.25, -0.2) is 19.2 Å². The van der Waals surface area contributed by atoms with Gasteiger partial charge in [0.1, 0.15) is 17.6 Å². The van der Waals surface area contributed by atoms with E-state index in [9.17, 15) is 14.0 Å². The average Bonchev–Trinajstić information content (AvgIpc) is 2.68. The molecule has 172 valence electrons. The number of halogens is 1. The zero-order valence-electron chi connectivity index (χ0n) is 18.8. The number of anilines is 1. The Morgan fingerprint density at radius 1 is 1.31 bits per heavy atom. The third-order valence-corrected chi connectivity index (χ3v) is 4.96. The van der Waals surface area contributed by atoms with Crippen molar-refractivity contribution in [3.63, 3.8) is 0 Å². The van der Waals surface area contributed by atoms with E-state index in [0.717, 1.165) is 5.69 Å². The van der Waals surface area contributed by atoms with Crippen LogP contribution >= 0.6 is 0 Å². The lowest BCUT2D eigenvalue weighted by Crippen LogP contribution is -2.51. The van der Waals surface area contributed by atoms with Gasteiger partial charge in [0.25, 0.3) is 5.91 Å². The predicted molar refractivity (Wildman–Crippen MR) is 117 cm³/mol. The van der Waals surface area contributed by atoms with Crippen molar-refractivity contribution in [2.24, 2.45) is 5.73 Å². The lowest BCUT2D eigenvalue weighted by atomic mass is 10.0. The van der Waals surface area contributed by atoms with Gasteiger partial charge in [-0.3, -0.25) is 9.78 Å². The molecular formula is C22H29FN6O3. The molecule has 10 heteroatoms. The van der Waals surface area contributed by atoms with E-state index in [0.29, 0.717) is 36.6 Å². The van der Waals surface area contributed by atoms with Crippen molar-refractivity contribution in [2.75, 3.05) is 18.4 Å². The zero-order valence-corrected chi connectivity index (χ0v) is 18.8. The van der Waals surface area contributed by atoms with Crippen LogP contribution in [0.3, 0.4) is 0 Å². The van der Waals surface area contributed by atoms with Crippen molar-refractivity contribution < 1.29 is 18.7 Å². The largest absolute Gasteiger partial charge is 0.444 e. The Hall–Kier alpha value is -3.30. The number of amides is 2. The Bertz CT molecular complexity index is 994. The van der Waals surface area contributed by atoms with Gasteiger partial charge >= 0.3 is 6.09 Å². The summed E-state index contributed by atoms with van der Waals surface area (Å²) >= 11 is 0. The van der Waals surface area contributed by atoms with Gasteiger partial charge in [-0.15, -0.1) is 0 Å². The van der Waals surface area contributed by atoms with E-state index in [1.54, 1.807) is 46.0 Å². The minimum Gasteiger partial charge on any atom is -0.444 e. The number of hydrogen-bond acceptors (Lipinski definition) is 7. The van der Waals surface area contributed by atoms with Crippen molar-refractivity contribution in [1.29, 1.82) is 0 Å². The van der Waals surface area contributed by atoms with Crippen LogP contribution in [0.4, 0.5) is 14.9 Å². The SMILES string of the molecule is Cc1nccc(Cc2cc(N[C@@H]3CCN(C(=O)OC(C)(C)C)C[C@@H]3F)c(C(N)=O)cn2)n1. The smallest absolute Gasteiger partial charge is 0.410 e. The summed E-state index contributed by atoms with van der Waals surface area (Å²) in [6.07, 6.45) is 1.94. The first kappa shape index (κ1) is 23.4. The van der Waals surface area contributed by atoms with E-state index in [1.807, 2.05) is 0 Å². The van der Waals surface area contributed by atoms with Crippen LogP contribution in [0.25, 0.3) is 0 Å². The van der Waals surface area contributed by atoms with Gasteiger partial charge in [-0.05, 0) is 46.2 Å². The normalized spacial score (nSPS) is 18.8. The fourth-order valence-corrected chi connectivity index (χ4v) is 3.46. The molecule has 2 amide bonds. The van der Waals surface area contributed by atoms with Crippen LogP contribution in [-0.2, 0) is 11.2 Å². The Balaban J connectivity index is 1.73. The molecule has 2 aromatic rings. The van der Waals surface area contributed by atoms with E-state index in [4.69, 9.17) is 10.5 Å². The number of aromatic nitrogens is 3. The van der Waals surface area contributed by atoms with Gasteiger partial charge < -0.3 is 20.7 Å². The molecule has 9 nitrogen and oxygen atoms in total. The van der Waals surface area contributed by atoms with Crippen LogP contribution in [-0.4, -0.2) is 62.8 Å². The summed E-state index contributed by atoms with van der Waals surface area (Å²) in [5, 5.41) is 3.10. The highest BCUT2D eigenvalue weighted by atomic mass is 19.1. The maximum atomic E-state index is 14.9. The van der Waals surface area contributed by atoms with Crippen LogP contribution in [0.5, 0.6) is 0 Å². The summed E-state index contributed by atoms with van der Waals surface area (Å²) in [7, 11) is 0. The van der Waals surface area contributed by atoms with Gasteiger partial charge in [0.2, 0.25) is 0 Å². The van der Waals surface area contributed by atoms with Crippen LogP contribution < -0.4 is 11.1 Å². The van der Waals surface area contributed by atoms with E-state index in [1.165, 1.54) is 11.1 Å². The summed E-state index contributed by atoms with van der Waals surface area (Å²) in [5.41, 5.74) is 6.86. The third kappa shape index (κ3) is 6.12. The summed E-state index contributed by atoms with van der Waals surface area (Å²) in [4.78, 5) is 38.2. The topological polar surface area (TPSA) is 123 Å². The molecule has 1 aliphatic heterocycles. The zero-order chi connectivity index (χ0) is 23.5. The van der Waals surface area contributed by atoms with E-state index in [-0.39, 0.29) is 12.1 Å². The first-order valence-electron chi connectivity index (χ1n) is 10.5. The monoisotopic (exact) mass is 444 g/mol. The lowest BCUT2D eigenvalue weighted by Gasteiger charge is -2.36. The highest BCUT2D eigenvalue weighted by Gasteiger charge is 2.34. The van der Waals surface area contributed by atoms with Gasteiger partial charge in [-0.2, -0.15) is 0 Å². The number of nitrogens with two attached hydrogens (primary N) is 1. The fourth-order valence-electron chi connectivity index (χ4n) is 3.46. The van der Waals surface area contributed by atoms with Gasteiger partial charge in [-0.1, -0.05) is 0 Å². The molecule has 0 bridgehead atoms. The molecule has 0 spiro atoms. The number of carbonyl (C=O) groups is 2. The number of likely N-dealkylation sites (tertiary alicyclic amines) is 1. The van der Waals surface area contributed by atoms with E-state index >= 15 is 0 Å². The number of nitrogens with one attached hydrogen (secondary N) is 1. The third-order valence-electron chi connectivity index (χ3n) is 4.96. The molecular weight excluding hydrogens is 415 g/mol. The minimum atomic E-state index is -1.35. The predicted octanol–water partition coefficient (Wildman–Crippen LogP) is 2.63. The fraction of sp³-hybridized carbons (Fsp3) is 0.500. The molecule has 3 N–H and O–H groups in total. The lowest BCUT2D eigenvalue weighted by molar-refractivity contribution is 0.0125. The highest BCUT2D eigenvalue weighted by Crippen LogP contribution is 2.24. The van der Waals surface area contributed by atoms with Crippen molar-refractivity contribution >= 4 is 17.7 Å². The molecule has 0 saturated carbocycles. The quantitative estimate of drug-likeness (QED) is 0.727. The minimum absolute atomic E-state index is 0.101. The maximum absolute atomic E-state index is 14.9. The number of nitrogens with zero attached hydrogens (tertiary/aromatic N) is 4. The molecule has 0 aromatic carbocycles. The summed E-state index contributed by atoms with van der Waals surface area (Å²) in [6.45, 7) is 7.32. The van der Waals surface area contributed by atoms with E-state index < -0.39 is 29.8 Å². The number of rotatable bonds is 5. The second-order valence-electron chi connectivity index (χ2n) is 8.84.